The van der Waals surface area contributed by atoms with Crippen molar-refractivity contribution in [2.45, 2.75) is 37.1 Å². The van der Waals surface area contributed by atoms with Gasteiger partial charge in [-0.2, -0.15) is 0 Å². The Kier molecular flexibility index (Phi) is 3.02. The fourth-order valence-electron chi connectivity index (χ4n) is 1.68. The van der Waals surface area contributed by atoms with Crippen molar-refractivity contribution in [3.05, 3.63) is 0 Å². The average Bonchev–Trinajstić information content (AvgIpc) is 2.00. The molecule has 1 saturated carbocycles. The second kappa shape index (κ2) is 3.71. The Morgan fingerprint density at radius 3 is 2.62 bits per heavy atom. The van der Waals surface area contributed by atoms with Gasteiger partial charge < -0.3 is 21.1 Å². The molecule has 5 N–H and O–H groups in total. The summed E-state index contributed by atoms with van der Waals surface area (Å²) in [6, 6.07) is 0. The van der Waals surface area contributed by atoms with E-state index in [-0.39, 0.29) is 25.8 Å². The number of carbonyl (C=O) groups is 1. The van der Waals surface area contributed by atoms with Gasteiger partial charge in [-0.1, -0.05) is 0 Å². The molecule has 0 aromatic heterocycles. The number of hydrogen-bond acceptors (Lipinski definition) is 5. The van der Waals surface area contributed by atoms with Crippen molar-refractivity contribution < 1.29 is 20.1 Å². The van der Waals surface area contributed by atoms with E-state index < -0.39 is 23.6 Å². The largest absolute Gasteiger partial charge is 0.390 e. The van der Waals surface area contributed by atoms with E-state index in [4.69, 9.17) is 10.8 Å². The third-order valence-electron chi connectivity index (χ3n) is 2.40. The second-order valence-corrected chi connectivity index (χ2v) is 3.62. The lowest BCUT2D eigenvalue weighted by molar-refractivity contribution is -0.152. The van der Waals surface area contributed by atoms with E-state index in [9.17, 15) is 15.0 Å². The molecule has 0 aliphatic heterocycles. The molecular weight excluding hydrogens is 174 g/mol. The van der Waals surface area contributed by atoms with Crippen LogP contribution in [-0.4, -0.2) is 45.5 Å². The highest BCUT2D eigenvalue weighted by Crippen LogP contribution is 2.28. The molecule has 1 rings (SSSR count). The van der Waals surface area contributed by atoms with Gasteiger partial charge in [-0.15, -0.1) is 0 Å². The Hall–Kier alpha value is -0.490. The molecule has 0 amide bonds. The van der Waals surface area contributed by atoms with E-state index in [1.807, 2.05) is 0 Å². The first-order chi connectivity index (χ1) is 5.98. The molecule has 0 radical (unpaired) electrons. The summed E-state index contributed by atoms with van der Waals surface area (Å²) >= 11 is 0. The van der Waals surface area contributed by atoms with Gasteiger partial charge in [0.05, 0.1) is 11.7 Å². The first-order valence-corrected chi connectivity index (χ1v) is 4.30. The minimum atomic E-state index is -1.35. The molecule has 0 heterocycles. The maximum absolute atomic E-state index is 11.1. The quantitative estimate of drug-likeness (QED) is 0.408. The minimum Gasteiger partial charge on any atom is -0.390 e. The fraction of sp³-hybridized carbons (Fsp3) is 0.875. The van der Waals surface area contributed by atoms with E-state index in [2.05, 4.69) is 0 Å². The van der Waals surface area contributed by atoms with Gasteiger partial charge in [0.1, 0.15) is 6.10 Å². The molecular formula is C8H15NO4. The Labute approximate surface area is 76.2 Å². The van der Waals surface area contributed by atoms with E-state index in [1.165, 1.54) is 0 Å². The van der Waals surface area contributed by atoms with Crippen molar-refractivity contribution >= 4 is 5.78 Å². The first kappa shape index (κ1) is 10.6. The number of ketones is 1. The second-order valence-electron chi connectivity index (χ2n) is 3.62. The number of hydrogen-bond donors (Lipinski definition) is 4. The van der Waals surface area contributed by atoms with Crippen LogP contribution >= 0.6 is 0 Å². The van der Waals surface area contributed by atoms with Gasteiger partial charge in [0.2, 0.25) is 0 Å². The predicted molar refractivity (Wildman–Crippen MR) is 44.9 cm³/mol. The third kappa shape index (κ3) is 2.25. The van der Waals surface area contributed by atoms with Crippen LogP contribution in [0.5, 0.6) is 0 Å². The molecule has 0 aromatic rings. The Balaban J connectivity index is 2.67. The summed E-state index contributed by atoms with van der Waals surface area (Å²) in [5.74, 6) is -0.519. The van der Waals surface area contributed by atoms with Crippen LogP contribution in [0.25, 0.3) is 0 Å². The molecule has 76 valence electrons. The number of aliphatic hydroxyl groups is 3. The smallest absolute Gasteiger partial charge is 0.166 e. The maximum Gasteiger partial charge on any atom is 0.166 e. The Bertz CT molecular complexity index is 208. The van der Waals surface area contributed by atoms with Gasteiger partial charge >= 0.3 is 0 Å². The molecule has 0 saturated heterocycles. The van der Waals surface area contributed by atoms with Gasteiger partial charge in [-0.3, -0.25) is 4.79 Å². The zero-order valence-electron chi connectivity index (χ0n) is 7.31. The highest BCUT2D eigenvalue weighted by molar-refractivity contribution is 5.85. The van der Waals surface area contributed by atoms with Gasteiger partial charge in [0, 0.05) is 12.8 Å². The average molecular weight is 189 g/mol. The molecule has 3 atom stereocenters. The number of Topliss-reactive ketones (excluding diaryl/α,β-unsaturated/α-hetero) is 1. The predicted octanol–water partition coefficient (Wildman–Crippen LogP) is -1.85. The van der Waals surface area contributed by atoms with Crippen LogP contribution in [-0.2, 0) is 4.79 Å². The van der Waals surface area contributed by atoms with Crippen molar-refractivity contribution in [1.29, 1.82) is 0 Å². The molecule has 1 aliphatic carbocycles. The zero-order valence-corrected chi connectivity index (χ0v) is 7.31. The Morgan fingerprint density at radius 1 is 1.54 bits per heavy atom. The van der Waals surface area contributed by atoms with Crippen LogP contribution in [0, 0.1) is 0 Å². The number of rotatable bonds is 2. The summed E-state index contributed by atoms with van der Waals surface area (Å²) in [4.78, 5) is 11.1. The fourth-order valence-corrected chi connectivity index (χ4v) is 1.68. The zero-order chi connectivity index (χ0) is 10.1. The topological polar surface area (TPSA) is 104 Å². The van der Waals surface area contributed by atoms with Crippen LogP contribution in [0.3, 0.4) is 0 Å². The lowest BCUT2D eigenvalue weighted by atomic mass is 9.79. The number of carbonyl (C=O) groups excluding carboxylic acids is 1. The maximum atomic E-state index is 11.1. The van der Waals surface area contributed by atoms with Crippen LogP contribution in [0.1, 0.15) is 19.3 Å². The minimum absolute atomic E-state index is 0.0110. The molecule has 5 heteroatoms. The standard InChI is InChI=1S/C8H15NO4/c9-2-1-8(13)3-5(10)7(12)6(11)4-8/h5,7,10,12-13H,1-4,9H2. The summed E-state index contributed by atoms with van der Waals surface area (Å²) in [7, 11) is 0. The normalized spacial score (nSPS) is 40.8. The van der Waals surface area contributed by atoms with Gasteiger partial charge in [0.15, 0.2) is 5.78 Å². The van der Waals surface area contributed by atoms with E-state index >= 15 is 0 Å². The molecule has 5 nitrogen and oxygen atoms in total. The molecule has 0 spiro atoms. The highest BCUT2D eigenvalue weighted by Gasteiger charge is 2.42. The van der Waals surface area contributed by atoms with Crippen molar-refractivity contribution in [2.75, 3.05) is 6.54 Å². The molecule has 0 bridgehead atoms. The molecule has 13 heavy (non-hydrogen) atoms. The highest BCUT2D eigenvalue weighted by atomic mass is 16.3. The molecule has 1 aliphatic rings. The monoisotopic (exact) mass is 189 g/mol. The summed E-state index contributed by atoms with van der Waals surface area (Å²) in [5.41, 5.74) is 4.02. The Morgan fingerprint density at radius 2 is 2.15 bits per heavy atom. The van der Waals surface area contributed by atoms with Crippen LogP contribution < -0.4 is 5.73 Å². The SMILES string of the molecule is NCCC1(O)CC(=O)C(O)C(O)C1. The van der Waals surface area contributed by atoms with E-state index in [0.717, 1.165) is 0 Å². The molecule has 0 aromatic carbocycles. The van der Waals surface area contributed by atoms with Crippen LogP contribution in [0.2, 0.25) is 0 Å². The lowest BCUT2D eigenvalue weighted by Crippen LogP contribution is -2.51. The van der Waals surface area contributed by atoms with Gasteiger partial charge in [-0.05, 0) is 13.0 Å². The van der Waals surface area contributed by atoms with E-state index in [0.29, 0.717) is 0 Å². The summed E-state index contributed by atoms with van der Waals surface area (Å²) in [6.07, 6.45) is -2.36. The van der Waals surface area contributed by atoms with Crippen molar-refractivity contribution in [3.8, 4) is 0 Å². The van der Waals surface area contributed by atoms with Gasteiger partial charge in [-0.25, -0.2) is 0 Å². The summed E-state index contributed by atoms with van der Waals surface area (Å²) < 4.78 is 0. The molecule has 3 unspecified atom stereocenters. The van der Waals surface area contributed by atoms with E-state index in [1.54, 1.807) is 0 Å². The number of nitrogens with two attached hydrogens (primary N) is 1. The summed E-state index contributed by atoms with van der Waals surface area (Å²) in [6.45, 7) is 0.257. The summed E-state index contributed by atoms with van der Waals surface area (Å²) in [5, 5.41) is 28.1. The van der Waals surface area contributed by atoms with Crippen molar-refractivity contribution in [3.63, 3.8) is 0 Å². The van der Waals surface area contributed by atoms with Gasteiger partial charge in [0.25, 0.3) is 0 Å². The van der Waals surface area contributed by atoms with Crippen LogP contribution in [0.15, 0.2) is 0 Å². The third-order valence-corrected chi connectivity index (χ3v) is 2.40. The lowest BCUT2D eigenvalue weighted by Gasteiger charge is -2.36. The first-order valence-electron chi connectivity index (χ1n) is 4.30. The van der Waals surface area contributed by atoms with Crippen LogP contribution in [0.4, 0.5) is 0 Å². The molecule has 1 fully saturated rings. The van der Waals surface area contributed by atoms with Crippen molar-refractivity contribution in [1.82, 2.24) is 0 Å². The number of aliphatic hydroxyl groups excluding tert-OH is 2. The van der Waals surface area contributed by atoms with Crippen molar-refractivity contribution in [2.24, 2.45) is 5.73 Å².